The van der Waals surface area contributed by atoms with E-state index in [1.165, 1.54) is 17.2 Å². The zero-order valence-electron chi connectivity index (χ0n) is 13.0. The van der Waals surface area contributed by atoms with Crippen LogP contribution in [0.5, 0.6) is 0 Å². The maximum absolute atomic E-state index is 12.2. The molecule has 0 bridgehead atoms. The Hall–Kier alpha value is -2.15. The van der Waals surface area contributed by atoms with Gasteiger partial charge in [-0.3, -0.25) is 13.9 Å². The molecular formula is C16H17BrN4O2. The molecule has 0 amide bonds. The molecule has 6 nitrogen and oxygen atoms in total. The number of aromatic nitrogens is 4. The van der Waals surface area contributed by atoms with Crippen LogP contribution in [0.2, 0.25) is 0 Å². The predicted octanol–water partition coefficient (Wildman–Crippen LogP) is 1.83. The van der Waals surface area contributed by atoms with E-state index in [4.69, 9.17) is 0 Å². The maximum Gasteiger partial charge on any atom is 0.332 e. The van der Waals surface area contributed by atoms with Gasteiger partial charge in [0.2, 0.25) is 0 Å². The molecule has 1 aromatic carbocycles. The SMILES string of the molecule is Cn1c(=O)c2nc(Br)n(CCCc3ccccc3)c2n(C)c1=O. The molecule has 2 aromatic heterocycles. The fraction of sp³-hybridized carbons (Fsp3) is 0.312. The van der Waals surface area contributed by atoms with Crippen molar-refractivity contribution in [2.75, 3.05) is 0 Å². The average molecular weight is 377 g/mol. The number of rotatable bonds is 4. The second-order valence-corrected chi connectivity index (χ2v) is 6.21. The molecule has 0 saturated carbocycles. The first-order valence-corrected chi connectivity index (χ1v) is 8.15. The second-order valence-electron chi connectivity index (χ2n) is 5.50. The Morgan fingerprint density at radius 3 is 2.48 bits per heavy atom. The van der Waals surface area contributed by atoms with E-state index in [0.717, 1.165) is 17.4 Å². The lowest BCUT2D eigenvalue weighted by Gasteiger charge is -2.09. The van der Waals surface area contributed by atoms with E-state index in [9.17, 15) is 9.59 Å². The Bertz CT molecular complexity index is 970. The van der Waals surface area contributed by atoms with E-state index < -0.39 is 0 Å². The smallest absolute Gasteiger partial charge is 0.304 e. The molecule has 0 radical (unpaired) electrons. The van der Waals surface area contributed by atoms with Crippen LogP contribution in [0.25, 0.3) is 11.2 Å². The van der Waals surface area contributed by atoms with Gasteiger partial charge in [-0.2, -0.15) is 0 Å². The van der Waals surface area contributed by atoms with E-state index in [1.54, 1.807) is 7.05 Å². The lowest BCUT2D eigenvalue weighted by atomic mass is 10.1. The third-order valence-corrected chi connectivity index (χ3v) is 4.59. The maximum atomic E-state index is 12.2. The van der Waals surface area contributed by atoms with E-state index in [1.807, 2.05) is 22.8 Å². The van der Waals surface area contributed by atoms with Crippen molar-refractivity contribution in [3.05, 3.63) is 61.5 Å². The number of halogens is 1. The van der Waals surface area contributed by atoms with Gasteiger partial charge in [0.05, 0.1) is 0 Å². The Kier molecular flexibility index (Phi) is 4.21. The molecule has 0 aliphatic rings. The minimum absolute atomic E-state index is 0.307. The Balaban J connectivity index is 1.97. The summed E-state index contributed by atoms with van der Waals surface area (Å²) >= 11 is 3.40. The Morgan fingerprint density at radius 2 is 1.78 bits per heavy atom. The van der Waals surface area contributed by atoms with Crippen LogP contribution in [-0.4, -0.2) is 18.7 Å². The van der Waals surface area contributed by atoms with Crippen LogP contribution >= 0.6 is 15.9 Å². The molecule has 23 heavy (non-hydrogen) atoms. The standard InChI is InChI=1S/C16H17BrN4O2/c1-19-13-12(14(22)20(2)16(19)23)18-15(17)21(13)10-6-9-11-7-4-3-5-8-11/h3-5,7-8H,6,9-10H2,1-2H3. The minimum atomic E-state index is -0.370. The first-order chi connectivity index (χ1) is 11.0. The highest BCUT2D eigenvalue weighted by Crippen LogP contribution is 2.17. The number of fused-ring (bicyclic) bond motifs is 1. The zero-order valence-corrected chi connectivity index (χ0v) is 14.6. The van der Waals surface area contributed by atoms with Gasteiger partial charge in [-0.15, -0.1) is 0 Å². The van der Waals surface area contributed by atoms with Gasteiger partial charge in [-0.25, -0.2) is 9.78 Å². The highest BCUT2D eigenvalue weighted by atomic mass is 79.9. The zero-order chi connectivity index (χ0) is 16.6. The highest BCUT2D eigenvalue weighted by molar-refractivity contribution is 9.10. The molecule has 120 valence electrons. The Labute approximate surface area is 141 Å². The fourth-order valence-electron chi connectivity index (χ4n) is 2.75. The van der Waals surface area contributed by atoms with Gasteiger partial charge in [0.25, 0.3) is 5.56 Å². The topological polar surface area (TPSA) is 61.8 Å². The molecule has 3 rings (SSSR count). The van der Waals surface area contributed by atoms with Crippen molar-refractivity contribution >= 4 is 27.1 Å². The molecule has 0 saturated heterocycles. The molecule has 0 spiro atoms. The van der Waals surface area contributed by atoms with E-state index in [0.29, 0.717) is 22.4 Å². The van der Waals surface area contributed by atoms with Gasteiger partial charge in [-0.1, -0.05) is 30.3 Å². The normalized spacial score (nSPS) is 11.3. The van der Waals surface area contributed by atoms with Crippen molar-refractivity contribution in [3.63, 3.8) is 0 Å². The van der Waals surface area contributed by atoms with Crippen molar-refractivity contribution < 1.29 is 0 Å². The molecule has 0 aliphatic heterocycles. The van der Waals surface area contributed by atoms with Gasteiger partial charge in [0.15, 0.2) is 15.9 Å². The van der Waals surface area contributed by atoms with Crippen LogP contribution in [0.15, 0.2) is 44.7 Å². The van der Waals surface area contributed by atoms with Gasteiger partial charge in [0.1, 0.15) is 0 Å². The van der Waals surface area contributed by atoms with E-state index >= 15 is 0 Å². The van der Waals surface area contributed by atoms with Crippen LogP contribution < -0.4 is 11.2 Å². The molecule has 3 aromatic rings. The predicted molar refractivity (Wildman–Crippen MR) is 92.7 cm³/mol. The number of nitrogens with zero attached hydrogens (tertiary/aromatic N) is 4. The van der Waals surface area contributed by atoms with Crippen LogP contribution in [0, 0.1) is 0 Å². The van der Waals surface area contributed by atoms with Crippen molar-refractivity contribution in [2.24, 2.45) is 14.1 Å². The number of benzene rings is 1. The van der Waals surface area contributed by atoms with Crippen LogP contribution in [0.4, 0.5) is 0 Å². The third-order valence-electron chi connectivity index (χ3n) is 3.98. The molecular weight excluding hydrogens is 360 g/mol. The van der Waals surface area contributed by atoms with Crippen LogP contribution in [0.3, 0.4) is 0 Å². The summed E-state index contributed by atoms with van der Waals surface area (Å²) in [5.74, 6) is 0. The molecule has 0 fully saturated rings. The third kappa shape index (κ3) is 2.76. The number of imidazole rings is 1. The van der Waals surface area contributed by atoms with Gasteiger partial charge >= 0.3 is 5.69 Å². The number of hydrogen-bond donors (Lipinski definition) is 0. The van der Waals surface area contributed by atoms with Crippen molar-refractivity contribution in [1.29, 1.82) is 0 Å². The fourth-order valence-corrected chi connectivity index (χ4v) is 3.27. The Morgan fingerprint density at radius 1 is 1.09 bits per heavy atom. The second kappa shape index (κ2) is 6.16. The largest absolute Gasteiger partial charge is 0.332 e. The molecule has 0 atom stereocenters. The minimum Gasteiger partial charge on any atom is -0.304 e. The number of hydrogen-bond acceptors (Lipinski definition) is 3. The summed E-state index contributed by atoms with van der Waals surface area (Å²) in [5, 5.41) is 0. The van der Waals surface area contributed by atoms with Crippen molar-refractivity contribution in [1.82, 2.24) is 18.7 Å². The van der Waals surface area contributed by atoms with Crippen molar-refractivity contribution in [2.45, 2.75) is 19.4 Å². The van der Waals surface area contributed by atoms with Crippen LogP contribution in [-0.2, 0) is 27.1 Å². The summed E-state index contributed by atoms with van der Waals surface area (Å²) in [6.45, 7) is 0.673. The average Bonchev–Trinajstić information content (AvgIpc) is 2.89. The van der Waals surface area contributed by atoms with E-state index in [-0.39, 0.29) is 11.2 Å². The summed E-state index contributed by atoms with van der Waals surface area (Å²) in [6, 6.07) is 10.2. The highest BCUT2D eigenvalue weighted by Gasteiger charge is 2.17. The lowest BCUT2D eigenvalue weighted by Crippen LogP contribution is -2.37. The molecule has 0 aliphatic carbocycles. The molecule has 0 unspecified atom stereocenters. The molecule has 2 heterocycles. The molecule has 7 heteroatoms. The van der Waals surface area contributed by atoms with Gasteiger partial charge in [0, 0.05) is 20.6 Å². The first kappa shape index (κ1) is 15.7. The summed E-state index contributed by atoms with van der Waals surface area (Å²) in [7, 11) is 3.12. The number of aryl methyl sites for hydroxylation is 3. The summed E-state index contributed by atoms with van der Waals surface area (Å²) in [6.07, 6.45) is 1.81. The first-order valence-electron chi connectivity index (χ1n) is 7.36. The van der Waals surface area contributed by atoms with Gasteiger partial charge in [-0.05, 0) is 34.3 Å². The molecule has 0 N–H and O–H groups in total. The quantitative estimate of drug-likeness (QED) is 0.652. The van der Waals surface area contributed by atoms with Gasteiger partial charge < -0.3 is 4.57 Å². The summed E-state index contributed by atoms with van der Waals surface area (Å²) in [4.78, 5) is 28.6. The summed E-state index contributed by atoms with van der Waals surface area (Å²) in [5.41, 5.74) is 1.40. The van der Waals surface area contributed by atoms with Crippen LogP contribution in [0.1, 0.15) is 12.0 Å². The lowest BCUT2D eigenvalue weighted by molar-refractivity contribution is 0.621. The van der Waals surface area contributed by atoms with Crippen molar-refractivity contribution in [3.8, 4) is 0 Å². The monoisotopic (exact) mass is 376 g/mol. The van der Waals surface area contributed by atoms with E-state index in [2.05, 4.69) is 33.0 Å². The summed E-state index contributed by atoms with van der Waals surface area (Å²) < 4.78 is 4.99.